The number of rotatable bonds is 5. The van der Waals surface area contributed by atoms with Crippen molar-refractivity contribution in [2.45, 2.75) is 34.2 Å². The Kier molecular flexibility index (Phi) is 4.15. The molecule has 5 heteroatoms. The van der Waals surface area contributed by atoms with Gasteiger partial charge in [-0.1, -0.05) is 13.8 Å². The molecule has 92 valence electrons. The number of sulfonamides is 1. The third-order valence-corrected chi connectivity index (χ3v) is 3.87. The van der Waals surface area contributed by atoms with Gasteiger partial charge in [-0.15, -0.1) is 0 Å². The van der Waals surface area contributed by atoms with E-state index in [1.54, 1.807) is 0 Å². The molecule has 1 heterocycles. The molecule has 0 aliphatic rings. The summed E-state index contributed by atoms with van der Waals surface area (Å²) in [6, 6.07) is 1.85. The van der Waals surface area contributed by atoms with Crippen LogP contribution >= 0.6 is 0 Å². The standard InChI is InChI=1S/C11H19NO3S/c1-8(2)7-16(13,14)12-6-11-5-9(3)15-10(11)4/h5,8,12H,6-7H2,1-4H3. The van der Waals surface area contributed by atoms with Gasteiger partial charge in [-0.05, 0) is 25.8 Å². The lowest BCUT2D eigenvalue weighted by Gasteiger charge is -2.07. The lowest BCUT2D eigenvalue weighted by Crippen LogP contribution is -2.28. The van der Waals surface area contributed by atoms with Crippen LogP contribution in [0.15, 0.2) is 10.5 Å². The van der Waals surface area contributed by atoms with Gasteiger partial charge in [0.15, 0.2) is 0 Å². The summed E-state index contributed by atoms with van der Waals surface area (Å²) in [6.45, 7) is 7.75. The summed E-state index contributed by atoms with van der Waals surface area (Å²) in [5.74, 6) is 1.85. The van der Waals surface area contributed by atoms with Crippen LogP contribution in [0.4, 0.5) is 0 Å². The molecule has 0 aliphatic heterocycles. The number of furan rings is 1. The predicted molar refractivity (Wildman–Crippen MR) is 63.6 cm³/mol. The fourth-order valence-corrected chi connectivity index (χ4v) is 2.92. The van der Waals surface area contributed by atoms with Crippen molar-refractivity contribution in [2.24, 2.45) is 5.92 Å². The molecule has 0 aromatic carbocycles. The minimum Gasteiger partial charge on any atom is -0.466 e. The first-order valence-corrected chi connectivity index (χ1v) is 6.98. The molecule has 0 aliphatic carbocycles. The van der Waals surface area contributed by atoms with Crippen LogP contribution in [0.3, 0.4) is 0 Å². The van der Waals surface area contributed by atoms with Gasteiger partial charge in [-0.3, -0.25) is 0 Å². The van der Waals surface area contributed by atoms with Crippen molar-refractivity contribution < 1.29 is 12.8 Å². The molecule has 0 saturated heterocycles. The maximum Gasteiger partial charge on any atom is 0.212 e. The van der Waals surface area contributed by atoms with E-state index in [1.807, 2.05) is 33.8 Å². The highest BCUT2D eigenvalue weighted by molar-refractivity contribution is 7.89. The van der Waals surface area contributed by atoms with E-state index >= 15 is 0 Å². The first-order valence-electron chi connectivity index (χ1n) is 5.33. The summed E-state index contributed by atoms with van der Waals surface area (Å²) < 4.78 is 31.1. The van der Waals surface area contributed by atoms with Gasteiger partial charge in [0, 0.05) is 12.1 Å². The monoisotopic (exact) mass is 245 g/mol. The average molecular weight is 245 g/mol. The number of aryl methyl sites for hydroxylation is 2. The van der Waals surface area contributed by atoms with Crippen LogP contribution in [-0.2, 0) is 16.6 Å². The van der Waals surface area contributed by atoms with Gasteiger partial charge in [0.2, 0.25) is 10.0 Å². The van der Waals surface area contributed by atoms with Gasteiger partial charge in [0.25, 0.3) is 0 Å². The highest BCUT2D eigenvalue weighted by Gasteiger charge is 2.13. The Morgan fingerprint density at radius 2 is 2.00 bits per heavy atom. The first kappa shape index (κ1) is 13.3. The first-order chi connectivity index (χ1) is 7.30. The summed E-state index contributed by atoms with van der Waals surface area (Å²) in [5, 5.41) is 0. The Hall–Kier alpha value is -0.810. The largest absolute Gasteiger partial charge is 0.466 e. The highest BCUT2D eigenvalue weighted by Crippen LogP contribution is 2.13. The summed E-state index contributed by atoms with van der Waals surface area (Å²) in [4.78, 5) is 0. The van der Waals surface area contributed by atoms with Gasteiger partial charge >= 0.3 is 0 Å². The second-order valence-electron chi connectivity index (χ2n) is 4.43. The van der Waals surface area contributed by atoms with E-state index in [4.69, 9.17) is 4.42 Å². The molecule has 0 bridgehead atoms. The Bertz CT molecular complexity index is 446. The lowest BCUT2D eigenvalue weighted by atomic mass is 10.2. The van der Waals surface area contributed by atoms with Crippen molar-refractivity contribution in [2.75, 3.05) is 5.75 Å². The molecule has 0 spiro atoms. The van der Waals surface area contributed by atoms with Crippen molar-refractivity contribution in [3.8, 4) is 0 Å². The molecule has 1 aromatic heterocycles. The average Bonchev–Trinajstić information content (AvgIpc) is 2.39. The molecular weight excluding hydrogens is 226 g/mol. The van der Waals surface area contributed by atoms with E-state index in [2.05, 4.69) is 4.72 Å². The van der Waals surface area contributed by atoms with Gasteiger partial charge < -0.3 is 4.42 Å². The van der Waals surface area contributed by atoms with Crippen LogP contribution in [0.2, 0.25) is 0 Å². The minimum absolute atomic E-state index is 0.129. The third-order valence-electron chi connectivity index (χ3n) is 2.18. The van der Waals surface area contributed by atoms with Crippen molar-refractivity contribution >= 4 is 10.0 Å². The molecule has 1 rings (SSSR count). The van der Waals surface area contributed by atoms with Crippen LogP contribution in [0.1, 0.15) is 30.9 Å². The minimum atomic E-state index is -3.18. The van der Waals surface area contributed by atoms with Gasteiger partial charge in [-0.25, -0.2) is 13.1 Å². The summed E-state index contributed by atoms with van der Waals surface area (Å²) in [7, 11) is -3.18. The molecule has 0 unspecified atom stereocenters. The summed E-state index contributed by atoms with van der Waals surface area (Å²) in [5.41, 5.74) is 0.893. The zero-order chi connectivity index (χ0) is 12.3. The van der Waals surface area contributed by atoms with Crippen molar-refractivity contribution in [3.63, 3.8) is 0 Å². The van der Waals surface area contributed by atoms with Crippen LogP contribution in [0.5, 0.6) is 0 Å². The van der Waals surface area contributed by atoms with E-state index in [1.165, 1.54) is 0 Å². The Morgan fingerprint density at radius 3 is 2.44 bits per heavy atom. The molecule has 4 nitrogen and oxygen atoms in total. The van der Waals surface area contributed by atoms with Crippen LogP contribution in [0.25, 0.3) is 0 Å². The lowest BCUT2D eigenvalue weighted by molar-refractivity contribution is 0.500. The quantitative estimate of drug-likeness (QED) is 0.862. The Morgan fingerprint density at radius 1 is 1.38 bits per heavy atom. The van der Waals surface area contributed by atoms with Gasteiger partial charge in [0.1, 0.15) is 11.5 Å². The second-order valence-corrected chi connectivity index (χ2v) is 6.29. The van der Waals surface area contributed by atoms with Crippen molar-refractivity contribution in [1.29, 1.82) is 0 Å². The summed E-state index contributed by atoms with van der Waals surface area (Å²) >= 11 is 0. The highest BCUT2D eigenvalue weighted by atomic mass is 32.2. The van der Waals surface area contributed by atoms with Crippen LogP contribution in [-0.4, -0.2) is 14.2 Å². The van der Waals surface area contributed by atoms with E-state index < -0.39 is 10.0 Å². The topological polar surface area (TPSA) is 59.3 Å². The Balaban J connectivity index is 2.61. The van der Waals surface area contributed by atoms with E-state index in [0.29, 0.717) is 6.54 Å². The molecular formula is C11H19NO3S. The Labute approximate surface area is 97.1 Å². The molecule has 0 amide bonds. The van der Waals surface area contributed by atoms with Crippen LogP contribution < -0.4 is 4.72 Å². The van der Waals surface area contributed by atoms with Gasteiger partial charge in [0.05, 0.1) is 5.75 Å². The van der Waals surface area contributed by atoms with Crippen molar-refractivity contribution in [1.82, 2.24) is 4.72 Å². The summed E-state index contributed by atoms with van der Waals surface area (Å²) in [6.07, 6.45) is 0. The third kappa shape index (κ3) is 3.98. The molecule has 1 aromatic rings. The van der Waals surface area contributed by atoms with Gasteiger partial charge in [-0.2, -0.15) is 0 Å². The number of hydrogen-bond donors (Lipinski definition) is 1. The maximum atomic E-state index is 11.6. The molecule has 0 saturated carbocycles. The van der Waals surface area contributed by atoms with E-state index in [9.17, 15) is 8.42 Å². The fourth-order valence-electron chi connectivity index (χ4n) is 1.54. The SMILES string of the molecule is Cc1cc(CNS(=O)(=O)CC(C)C)c(C)o1. The number of nitrogens with one attached hydrogen (secondary N) is 1. The normalized spacial score (nSPS) is 12.3. The smallest absolute Gasteiger partial charge is 0.212 e. The van der Waals surface area contributed by atoms with Crippen LogP contribution in [0, 0.1) is 19.8 Å². The molecule has 0 fully saturated rings. The molecule has 0 radical (unpaired) electrons. The van der Waals surface area contributed by atoms with E-state index in [0.717, 1.165) is 17.1 Å². The zero-order valence-corrected chi connectivity index (χ0v) is 11.0. The number of hydrogen-bond acceptors (Lipinski definition) is 3. The zero-order valence-electron chi connectivity index (χ0n) is 10.2. The predicted octanol–water partition coefficient (Wildman–Crippen LogP) is 1.97. The molecule has 0 atom stereocenters. The maximum absolute atomic E-state index is 11.6. The van der Waals surface area contributed by atoms with Crippen molar-refractivity contribution in [3.05, 3.63) is 23.2 Å². The molecule has 1 N–H and O–H groups in total. The molecule has 16 heavy (non-hydrogen) atoms. The fraction of sp³-hybridized carbons (Fsp3) is 0.636. The van der Waals surface area contributed by atoms with E-state index in [-0.39, 0.29) is 11.7 Å². The second kappa shape index (κ2) is 5.01.